The van der Waals surface area contributed by atoms with Crippen LogP contribution in [0.5, 0.6) is 0 Å². The summed E-state index contributed by atoms with van der Waals surface area (Å²) in [4.78, 5) is 19.7. The largest absolute Gasteiger partial charge is 0.385 e. The Morgan fingerprint density at radius 2 is 2.19 bits per heavy atom. The van der Waals surface area contributed by atoms with Gasteiger partial charge in [-0.1, -0.05) is 0 Å². The third-order valence-electron chi connectivity index (χ3n) is 6.20. The van der Waals surface area contributed by atoms with Gasteiger partial charge in [-0.15, -0.1) is 0 Å². The van der Waals surface area contributed by atoms with E-state index in [0.29, 0.717) is 38.2 Å². The Kier molecular flexibility index (Phi) is 5.04. The SMILES string of the molecule is COCC[C@@]1(C)OCc2c(N3CCOC[C@@H]3C)nc(-c3ccc4nc(N)[nH]c4c3)nc21. The lowest BCUT2D eigenvalue weighted by atomic mass is 9.96. The van der Waals surface area contributed by atoms with E-state index in [9.17, 15) is 0 Å². The van der Waals surface area contributed by atoms with Gasteiger partial charge in [-0.05, 0) is 32.0 Å². The molecule has 0 radical (unpaired) electrons. The lowest BCUT2D eigenvalue weighted by Gasteiger charge is -2.35. The van der Waals surface area contributed by atoms with Gasteiger partial charge in [0.15, 0.2) is 11.8 Å². The standard InChI is InChI=1S/C22H28N6O3/c1-13-11-30-9-7-28(13)20-15-12-31-22(2,6-8-29-3)18(15)26-19(27-20)14-4-5-16-17(10-14)25-21(23)24-16/h4-5,10,13H,6-9,11-12H2,1-3H3,(H3,23,24,25)/t13-,22+/m0/s1. The van der Waals surface area contributed by atoms with Crippen LogP contribution in [0.25, 0.3) is 22.4 Å². The monoisotopic (exact) mass is 424 g/mol. The lowest BCUT2D eigenvalue weighted by molar-refractivity contribution is -0.0448. The minimum Gasteiger partial charge on any atom is -0.385 e. The highest BCUT2D eigenvalue weighted by Crippen LogP contribution is 2.42. The number of imidazole rings is 1. The molecule has 2 aliphatic rings. The molecule has 9 nitrogen and oxygen atoms in total. The van der Waals surface area contributed by atoms with Gasteiger partial charge in [0.1, 0.15) is 11.4 Å². The number of nitrogen functional groups attached to an aromatic ring is 1. The zero-order valence-corrected chi connectivity index (χ0v) is 18.1. The maximum absolute atomic E-state index is 6.27. The van der Waals surface area contributed by atoms with Crippen LogP contribution in [-0.4, -0.2) is 59.5 Å². The van der Waals surface area contributed by atoms with E-state index in [1.54, 1.807) is 7.11 Å². The molecule has 0 amide bonds. The van der Waals surface area contributed by atoms with Crippen LogP contribution in [0.1, 0.15) is 31.5 Å². The molecule has 4 heterocycles. The van der Waals surface area contributed by atoms with Crippen molar-refractivity contribution in [2.45, 2.75) is 38.5 Å². The molecular weight excluding hydrogens is 396 g/mol. The molecule has 0 bridgehead atoms. The van der Waals surface area contributed by atoms with Crippen molar-refractivity contribution >= 4 is 22.8 Å². The molecule has 3 N–H and O–H groups in total. The Labute approximate surface area is 180 Å². The summed E-state index contributed by atoms with van der Waals surface area (Å²) in [5, 5.41) is 0. The Balaban J connectivity index is 1.65. The molecule has 0 spiro atoms. The van der Waals surface area contributed by atoms with Gasteiger partial charge in [-0.2, -0.15) is 0 Å². The fourth-order valence-corrected chi connectivity index (χ4v) is 4.41. The average molecular weight is 425 g/mol. The highest BCUT2D eigenvalue weighted by molar-refractivity contribution is 5.82. The number of hydrogen-bond donors (Lipinski definition) is 2. The molecule has 0 unspecified atom stereocenters. The van der Waals surface area contributed by atoms with Crippen molar-refractivity contribution in [3.63, 3.8) is 0 Å². The topological polar surface area (TPSA) is 111 Å². The van der Waals surface area contributed by atoms with Gasteiger partial charge in [0.05, 0.1) is 42.6 Å². The second-order valence-electron chi connectivity index (χ2n) is 8.43. The van der Waals surface area contributed by atoms with Crippen molar-refractivity contribution in [1.82, 2.24) is 19.9 Å². The molecular formula is C22H28N6O3. The molecule has 1 aromatic carbocycles. The summed E-state index contributed by atoms with van der Waals surface area (Å²) in [7, 11) is 1.71. The normalized spacial score (nSPS) is 23.5. The van der Waals surface area contributed by atoms with E-state index in [-0.39, 0.29) is 6.04 Å². The van der Waals surface area contributed by atoms with Crippen molar-refractivity contribution in [3.8, 4) is 11.4 Å². The van der Waals surface area contributed by atoms with Crippen molar-refractivity contribution in [2.24, 2.45) is 0 Å². The van der Waals surface area contributed by atoms with Gasteiger partial charge in [-0.25, -0.2) is 15.0 Å². The summed E-state index contributed by atoms with van der Waals surface area (Å²) in [5.74, 6) is 1.99. The molecule has 31 heavy (non-hydrogen) atoms. The summed E-state index contributed by atoms with van der Waals surface area (Å²) in [5.41, 5.74) is 9.89. The number of hydrogen-bond acceptors (Lipinski definition) is 8. The number of anilines is 2. The van der Waals surface area contributed by atoms with Crippen LogP contribution in [0.4, 0.5) is 11.8 Å². The minimum absolute atomic E-state index is 0.223. The summed E-state index contributed by atoms with van der Waals surface area (Å²) in [6, 6.07) is 6.14. The first-order valence-electron chi connectivity index (χ1n) is 10.6. The minimum atomic E-state index is -0.518. The predicted molar refractivity (Wildman–Crippen MR) is 118 cm³/mol. The van der Waals surface area contributed by atoms with E-state index in [2.05, 4.69) is 28.7 Å². The quantitative estimate of drug-likeness (QED) is 0.643. The number of nitrogens with zero attached hydrogens (tertiary/aromatic N) is 4. The lowest BCUT2D eigenvalue weighted by Crippen LogP contribution is -2.44. The first-order valence-corrected chi connectivity index (χ1v) is 10.6. The number of ether oxygens (including phenoxy) is 3. The highest BCUT2D eigenvalue weighted by Gasteiger charge is 2.41. The Morgan fingerprint density at radius 3 is 3.00 bits per heavy atom. The van der Waals surface area contributed by atoms with Crippen LogP contribution in [0.15, 0.2) is 18.2 Å². The van der Waals surface area contributed by atoms with Gasteiger partial charge in [0, 0.05) is 37.8 Å². The smallest absolute Gasteiger partial charge is 0.198 e. The van der Waals surface area contributed by atoms with E-state index in [1.165, 1.54) is 0 Å². The van der Waals surface area contributed by atoms with Crippen molar-refractivity contribution in [1.29, 1.82) is 0 Å². The predicted octanol–water partition coefficient (Wildman–Crippen LogP) is 2.61. The summed E-state index contributed by atoms with van der Waals surface area (Å²) < 4.78 is 17.3. The third kappa shape index (κ3) is 3.52. The van der Waals surface area contributed by atoms with Crippen LogP contribution < -0.4 is 10.6 Å². The molecule has 1 fully saturated rings. The molecule has 3 aromatic rings. The average Bonchev–Trinajstić information content (AvgIpc) is 3.31. The first kappa shape index (κ1) is 20.2. The maximum atomic E-state index is 6.27. The summed E-state index contributed by atoms with van der Waals surface area (Å²) in [6.45, 7) is 7.47. The highest BCUT2D eigenvalue weighted by atomic mass is 16.5. The molecule has 9 heteroatoms. The number of nitrogens with two attached hydrogens (primary N) is 1. The van der Waals surface area contributed by atoms with E-state index in [0.717, 1.165) is 46.6 Å². The number of rotatable bonds is 5. The van der Waals surface area contributed by atoms with Crippen molar-refractivity contribution < 1.29 is 14.2 Å². The summed E-state index contributed by atoms with van der Waals surface area (Å²) in [6.07, 6.45) is 0.723. The number of aromatic nitrogens is 4. The number of benzene rings is 1. The zero-order chi connectivity index (χ0) is 21.6. The number of nitrogens with one attached hydrogen (secondary N) is 1. The van der Waals surface area contributed by atoms with E-state index in [4.69, 9.17) is 29.9 Å². The van der Waals surface area contributed by atoms with Gasteiger partial charge < -0.3 is 29.8 Å². The Hall–Kier alpha value is -2.75. The van der Waals surface area contributed by atoms with Crippen LogP contribution in [0.2, 0.25) is 0 Å². The Bertz CT molecular complexity index is 1120. The zero-order valence-electron chi connectivity index (χ0n) is 18.1. The maximum Gasteiger partial charge on any atom is 0.198 e. The van der Waals surface area contributed by atoms with Gasteiger partial charge in [0.25, 0.3) is 0 Å². The summed E-state index contributed by atoms with van der Waals surface area (Å²) >= 11 is 0. The molecule has 1 saturated heterocycles. The molecule has 2 aliphatic heterocycles. The Morgan fingerprint density at radius 1 is 1.32 bits per heavy atom. The molecule has 2 aromatic heterocycles. The van der Waals surface area contributed by atoms with Crippen molar-refractivity contribution in [2.75, 3.05) is 44.1 Å². The first-order chi connectivity index (χ1) is 15.0. The van der Waals surface area contributed by atoms with Crippen LogP contribution in [0, 0.1) is 0 Å². The molecule has 0 aliphatic carbocycles. The molecule has 5 rings (SSSR count). The molecule has 2 atom stereocenters. The molecule has 164 valence electrons. The number of H-pyrrole nitrogens is 1. The van der Waals surface area contributed by atoms with Crippen LogP contribution in [0.3, 0.4) is 0 Å². The van der Waals surface area contributed by atoms with Gasteiger partial charge in [-0.3, -0.25) is 0 Å². The number of fused-ring (bicyclic) bond motifs is 2. The number of aromatic amines is 1. The second kappa shape index (κ2) is 7.74. The number of methoxy groups -OCH3 is 1. The second-order valence-corrected chi connectivity index (χ2v) is 8.43. The molecule has 0 saturated carbocycles. The van der Waals surface area contributed by atoms with Crippen LogP contribution >= 0.6 is 0 Å². The van der Waals surface area contributed by atoms with Gasteiger partial charge in [0.2, 0.25) is 0 Å². The fraction of sp³-hybridized carbons (Fsp3) is 0.500. The van der Waals surface area contributed by atoms with E-state index in [1.807, 2.05) is 18.2 Å². The van der Waals surface area contributed by atoms with E-state index < -0.39 is 5.60 Å². The fourth-order valence-electron chi connectivity index (χ4n) is 4.41. The van der Waals surface area contributed by atoms with Gasteiger partial charge >= 0.3 is 0 Å². The number of morpholine rings is 1. The van der Waals surface area contributed by atoms with Crippen molar-refractivity contribution in [3.05, 3.63) is 29.5 Å². The third-order valence-corrected chi connectivity index (χ3v) is 6.20. The van der Waals surface area contributed by atoms with Crippen LogP contribution in [-0.2, 0) is 26.4 Å². The van der Waals surface area contributed by atoms with E-state index >= 15 is 0 Å².